The van der Waals surface area contributed by atoms with Crippen LogP contribution in [0.1, 0.15) is 25.8 Å². The summed E-state index contributed by atoms with van der Waals surface area (Å²) in [6.07, 6.45) is 1.19. The van der Waals surface area contributed by atoms with Crippen LogP contribution in [0.3, 0.4) is 0 Å². The van der Waals surface area contributed by atoms with E-state index in [-0.39, 0.29) is 0 Å². The number of benzene rings is 1. The minimum absolute atomic E-state index is 0.334. The van der Waals surface area contributed by atoms with E-state index in [0.717, 1.165) is 18.7 Å². The first-order valence-electron chi connectivity index (χ1n) is 6.64. The first-order chi connectivity index (χ1) is 8.49. The van der Waals surface area contributed by atoms with Gasteiger partial charge in [0.05, 0.1) is 0 Å². The molecule has 0 fully saturated rings. The lowest BCUT2D eigenvalue weighted by Gasteiger charge is -2.26. The summed E-state index contributed by atoms with van der Waals surface area (Å²) in [5.41, 5.74) is 1.12. The van der Waals surface area contributed by atoms with Gasteiger partial charge in [-0.25, -0.2) is 0 Å². The molecule has 0 amide bonds. The van der Waals surface area contributed by atoms with Gasteiger partial charge in [-0.15, -0.1) is 0 Å². The van der Waals surface area contributed by atoms with Gasteiger partial charge in [-0.05, 0) is 44.1 Å². The lowest BCUT2D eigenvalue weighted by Crippen LogP contribution is -2.38. The molecule has 0 heterocycles. The van der Waals surface area contributed by atoms with Gasteiger partial charge >= 0.3 is 0 Å². The number of nitrogens with zero attached hydrogens (tertiary/aromatic N) is 1. The van der Waals surface area contributed by atoms with Crippen LogP contribution in [0.25, 0.3) is 0 Å². The van der Waals surface area contributed by atoms with Crippen molar-refractivity contribution in [1.29, 1.82) is 0 Å². The molecule has 18 heavy (non-hydrogen) atoms. The van der Waals surface area contributed by atoms with Crippen molar-refractivity contribution in [2.24, 2.45) is 5.92 Å². The number of hydrogen-bond donors (Lipinski definition) is 2. The molecule has 0 saturated heterocycles. The molecule has 0 bridgehead atoms. The summed E-state index contributed by atoms with van der Waals surface area (Å²) in [6, 6.07) is 7.97. The van der Waals surface area contributed by atoms with Crippen molar-refractivity contribution in [2.45, 2.75) is 32.9 Å². The monoisotopic (exact) mass is 250 g/mol. The van der Waals surface area contributed by atoms with E-state index in [0.29, 0.717) is 17.7 Å². The summed E-state index contributed by atoms with van der Waals surface area (Å²) >= 11 is 0. The topological polar surface area (TPSA) is 35.5 Å². The van der Waals surface area contributed by atoms with E-state index in [1.165, 1.54) is 6.42 Å². The summed E-state index contributed by atoms with van der Waals surface area (Å²) in [4.78, 5) is 2.27. The third-order valence-electron chi connectivity index (χ3n) is 3.09. The highest BCUT2D eigenvalue weighted by Gasteiger charge is 2.12. The second-order valence-corrected chi connectivity index (χ2v) is 5.55. The molecule has 0 radical (unpaired) electrons. The molecule has 0 spiro atoms. The molecule has 102 valence electrons. The van der Waals surface area contributed by atoms with Crippen LogP contribution in [0, 0.1) is 5.92 Å². The number of hydrogen-bond acceptors (Lipinski definition) is 3. The zero-order valence-electron chi connectivity index (χ0n) is 12.0. The standard InChI is InChI=1S/C15H26N2O/c1-12(2)8-14(17(3)4)11-16-10-13-6-5-7-15(18)9-13/h5-7,9,12,14,16,18H,8,10-11H2,1-4H3. The minimum Gasteiger partial charge on any atom is -0.508 e. The third-order valence-corrected chi connectivity index (χ3v) is 3.09. The van der Waals surface area contributed by atoms with Gasteiger partial charge in [-0.1, -0.05) is 26.0 Å². The summed E-state index contributed by atoms with van der Waals surface area (Å²) in [6.45, 7) is 6.29. The van der Waals surface area contributed by atoms with Crippen LogP contribution in [0.15, 0.2) is 24.3 Å². The largest absolute Gasteiger partial charge is 0.508 e. The first-order valence-corrected chi connectivity index (χ1v) is 6.64. The quantitative estimate of drug-likeness (QED) is 0.780. The maximum atomic E-state index is 9.39. The fraction of sp³-hybridized carbons (Fsp3) is 0.600. The fourth-order valence-corrected chi connectivity index (χ4v) is 2.07. The fourth-order valence-electron chi connectivity index (χ4n) is 2.07. The van der Waals surface area contributed by atoms with E-state index in [2.05, 4.69) is 38.2 Å². The average molecular weight is 250 g/mol. The molecule has 0 aliphatic heterocycles. The molecule has 1 rings (SSSR count). The van der Waals surface area contributed by atoms with Crippen LogP contribution in [0.2, 0.25) is 0 Å². The molecular formula is C15H26N2O. The SMILES string of the molecule is CC(C)CC(CNCc1cccc(O)c1)N(C)C. The van der Waals surface area contributed by atoms with Crippen LogP contribution < -0.4 is 5.32 Å². The van der Waals surface area contributed by atoms with E-state index in [9.17, 15) is 5.11 Å². The molecule has 0 aliphatic carbocycles. The van der Waals surface area contributed by atoms with Crippen molar-refractivity contribution >= 4 is 0 Å². The third kappa shape index (κ3) is 5.52. The van der Waals surface area contributed by atoms with Crippen molar-refractivity contribution in [1.82, 2.24) is 10.2 Å². The number of phenols is 1. The second-order valence-electron chi connectivity index (χ2n) is 5.55. The minimum atomic E-state index is 0.334. The van der Waals surface area contributed by atoms with Crippen LogP contribution in [-0.4, -0.2) is 36.7 Å². The number of aromatic hydroxyl groups is 1. The van der Waals surface area contributed by atoms with Gasteiger partial charge in [0.1, 0.15) is 5.75 Å². The van der Waals surface area contributed by atoms with Gasteiger partial charge in [-0.3, -0.25) is 0 Å². The van der Waals surface area contributed by atoms with Crippen LogP contribution in [0.5, 0.6) is 5.75 Å². The maximum Gasteiger partial charge on any atom is 0.115 e. The first kappa shape index (κ1) is 15.0. The molecule has 1 aromatic rings. The second kappa shape index (κ2) is 7.39. The Morgan fingerprint density at radius 1 is 1.28 bits per heavy atom. The normalized spacial score (nSPS) is 13.2. The van der Waals surface area contributed by atoms with Gasteiger partial charge in [0.15, 0.2) is 0 Å². The molecule has 3 heteroatoms. The predicted molar refractivity (Wildman–Crippen MR) is 76.7 cm³/mol. The molecule has 0 saturated carbocycles. The predicted octanol–water partition coefficient (Wildman–Crippen LogP) is 2.46. The van der Waals surface area contributed by atoms with Gasteiger partial charge in [-0.2, -0.15) is 0 Å². The highest BCUT2D eigenvalue weighted by atomic mass is 16.3. The Hall–Kier alpha value is -1.06. The Balaban J connectivity index is 2.39. The number of nitrogens with one attached hydrogen (secondary N) is 1. The van der Waals surface area contributed by atoms with Crippen LogP contribution >= 0.6 is 0 Å². The molecule has 0 aromatic heterocycles. The van der Waals surface area contributed by atoms with E-state index >= 15 is 0 Å². The number of phenolic OH excluding ortho intramolecular Hbond substituents is 1. The van der Waals surface area contributed by atoms with Crippen molar-refractivity contribution in [3.8, 4) is 5.75 Å². The Kier molecular flexibility index (Phi) is 6.16. The summed E-state index contributed by atoms with van der Waals surface area (Å²) in [5, 5.41) is 12.9. The number of rotatable bonds is 7. The van der Waals surface area contributed by atoms with Crippen LogP contribution in [0.4, 0.5) is 0 Å². The smallest absolute Gasteiger partial charge is 0.115 e. The zero-order valence-corrected chi connectivity index (χ0v) is 12.0. The van der Waals surface area contributed by atoms with Crippen LogP contribution in [-0.2, 0) is 6.54 Å². The Morgan fingerprint density at radius 2 is 2.00 bits per heavy atom. The van der Waals surface area contributed by atoms with E-state index in [1.54, 1.807) is 12.1 Å². The molecule has 1 unspecified atom stereocenters. The molecule has 1 atom stereocenters. The molecule has 2 N–H and O–H groups in total. The number of likely N-dealkylation sites (N-methyl/N-ethyl adjacent to an activating group) is 1. The summed E-state index contributed by atoms with van der Waals surface area (Å²) in [5.74, 6) is 1.04. The molecular weight excluding hydrogens is 224 g/mol. The van der Waals surface area contributed by atoms with Gasteiger partial charge in [0.2, 0.25) is 0 Å². The van der Waals surface area contributed by atoms with Gasteiger partial charge in [0.25, 0.3) is 0 Å². The Morgan fingerprint density at radius 3 is 2.56 bits per heavy atom. The zero-order chi connectivity index (χ0) is 13.5. The van der Waals surface area contributed by atoms with E-state index < -0.39 is 0 Å². The van der Waals surface area contributed by atoms with Crippen molar-refractivity contribution < 1.29 is 5.11 Å². The van der Waals surface area contributed by atoms with Gasteiger partial charge in [0, 0.05) is 19.1 Å². The Labute approximate surface area is 111 Å². The maximum absolute atomic E-state index is 9.39. The van der Waals surface area contributed by atoms with Gasteiger partial charge < -0.3 is 15.3 Å². The molecule has 0 aliphatic rings. The molecule has 3 nitrogen and oxygen atoms in total. The summed E-state index contributed by atoms with van der Waals surface area (Å²) in [7, 11) is 4.26. The Bertz CT molecular complexity index is 350. The molecule has 1 aromatic carbocycles. The lowest BCUT2D eigenvalue weighted by atomic mass is 10.0. The highest BCUT2D eigenvalue weighted by Crippen LogP contribution is 2.11. The van der Waals surface area contributed by atoms with E-state index in [4.69, 9.17) is 0 Å². The van der Waals surface area contributed by atoms with E-state index in [1.807, 2.05) is 12.1 Å². The average Bonchev–Trinajstić information content (AvgIpc) is 2.27. The van der Waals surface area contributed by atoms with Crippen molar-refractivity contribution in [3.05, 3.63) is 29.8 Å². The highest BCUT2D eigenvalue weighted by molar-refractivity contribution is 5.26. The van der Waals surface area contributed by atoms with Crippen molar-refractivity contribution in [2.75, 3.05) is 20.6 Å². The summed E-state index contributed by atoms with van der Waals surface area (Å²) < 4.78 is 0. The van der Waals surface area contributed by atoms with Crippen molar-refractivity contribution in [3.63, 3.8) is 0 Å². The lowest BCUT2D eigenvalue weighted by molar-refractivity contribution is 0.246.